The molecule has 0 aromatic carbocycles. The molecule has 2 heterocycles. The lowest BCUT2D eigenvalue weighted by molar-refractivity contribution is 0.963. The number of hydrogen-bond donors (Lipinski definition) is 1. The smallest absolute Gasteiger partial charge is 0.133 e. The first-order chi connectivity index (χ1) is 6.11. The van der Waals surface area contributed by atoms with Crippen LogP contribution in [0.5, 0.6) is 0 Å². The molecule has 13 heavy (non-hydrogen) atoms. The van der Waals surface area contributed by atoms with E-state index in [1.54, 1.807) is 6.20 Å². The number of hydrogen-bond acceptors (Lipinski definition) is 2. The zero-order valence-electron chi connectivity index (χ0n) is 6.88. The van der Waals surface area contributed by atoms with Crippen LogP contribution in [0.2, 0.25) is 0 Å². The number of anilines is 1. The van der Waals surface area contributed by atoms with E-state index in [0.29, 0.717) is 5.82 Å². The number of fused-ring (bicyclic) bond motifs is 1. The second-order valence-electron chi connectivity index (χ2n) is 2.80. The van der Waals surface area contributed by atoms with Gasteiger partial charge in [-0.3, -0.25) is 0 Å². The van der Waals surface area contributed by atoms with Crippen LogP contribution >= 0.6 is 38.5 Å². The fraction of sp³-hybridized carbons (Fsp3) is 0.125. The number of pyridine rings is 1. The number of nitrogen functional groups attached to an aromatic ring is 1. The topological polar surface area (TPSA) is 43.8 Å². The van der Waals surface area contributed by atoms with Crippen LogP contribution in [0.15, 0.2) is 16.9 Å². The van der Waals surface area contributed by atoms with Crippen LogP contribution in [-0.4, -0.2) is 9.55 Å². The lowest BCUT2D eigenvalue weighted by Crippen LogP contribution is -1.93. The van der Waals surface area contributed by atoms with Crippen LogP contribution in [0, 0.1) is 3.57 Å². The molecule has 0 saturated heterocycles. The van der Waals surface area contributed by atoms with Gasteiger partial charge >= 0.3 is 0 Å². The van der Waals surface area contributed by atoms with Gasteiger partial charge in [0.15, 0.2) is 0 Å². The van der Waals surface area contributed by atoms with Gasteiger partial charge in [-0.1, -0.05) is 0 Å². The van der Waals surface area contributed by atoms with Crippen LogP contribution in [0.25, 0.3) is 10.9 Å². The molecule has 2 N–H and O–H groups in total. The van der Waals surface area contributed by atoms with Crippen LogP contribution in [-0.2, 0) is 7.05 Å². The van der Waals surface area contributed by atoms with Crippen molar-refractivity contribution in [1.82, 2.24) is 9.55 Å². The molecule has 68 valence electrons. The fourth-order valence-corrected chi connectivity index (χ4v) is 2.90. The molecule has 0 aliphatic heterocycles. The molecule has 0 aliphatic carbocycles. The largest absolute Gasteiger partial charge is 0.383 e. The molecule has 2 aromatic heterocycles. The molecular weight excluding hydrogens is 345 g/mol. The summed E-state index contributed by atoms with van der Waals surface area (Å²) in [4.78, 5) is 4.09. The average molecular weight is 352 g/mol. The molecule has 3 nitrogen and oxygen atoms in total. The Morgan fingerprint density at radius 1 is 1.62 bits per heavy atom. The van der Waals surface area contributed by atoms with E-state index in [9.17, 15) is 0 Å². The second kappa shape index (κ2) is 3.13. The Hall–Kier alpha value is -0.300. The number of rotatable bonds is 0. The highest BCUT2D eigenvalue weighted by molar-refractivity contribution is 14.1. The SMILES string of the molecule is Cn1cc(I)c2c(N)ncc(Br)c21. The van der Waals surface area contributed by atoms with Crippen LogP contribution in [0.4, 0.5) is 5.82 Å². The zero-order chi connectivity index (χ0) is 9.59. The summed E-state index contributed by atoms with van der Waals surface area (Å²) in [5.74, 6) is 0.586. The van der Waals surface area contributed by atoms with Gasteiger partial charge < -0.3 is 10.3 Å². The van der Waals surface area contributed by atoms with E-state index < -0.39 is 0 Å². The summed E-state index contributed by atoms with van der Waals surface area (Å²) < 4.78 is 4.14. The van der Waals surface area contributed by atoms with E-state index in [-0.39, 0.29) is 0 Å². The minimum absolute atomic E-state index is 0.586. The second-order valence-corrected chi connectivity index (χ2v) is 4.82. The Labute approximate surface area is 97.6 Å². The van der Waals surface area contributed by atoms with Gasteiger partial charge in [-0.05, 0) is 38.5 Å². The van der Waals surface area contributed by atoms with Crippen molar-refractivity contribution in [2.45, 2.75) is 0 Å². The summed E-state index contributed by atoms with van der Waals surface area (Å²) in [7, 11) is 1.99. The Kier molecular flexibility index (Phi) is 2.23. The van der Waals surface area contributed by atoms with Crippen molar-refractivity contribution in [1.29, 1.82) is 0 Å². The number of halogens is 2. The van der Waals surface area contributed by atoms with Gasteiger partial charge in [0.1, 0.15) is 5.82 Å². The van der Waals surface area contributed by atoms with Gasteiger partial charge in [-0.2, -0.15) is 0 Å². The number of aromatic nitrogens is 2. The molecule has 2 aromatic rings. The van der Waals surface area contributed by atoms with Gasteiger partial charge in [0, 0.05) is 23.0 Å². The molecular formula is C8H7BrIN3. The molecule has 0 aliphatic rings. The maximum absolute atomic E-state index is 5.79. The molecule has 0 bridgehead atoms. The standard InChI is InChI=1S/C8H7BrIN3/c1-13-3-5(10)6-7(13)4(9)2-12-8(6)11/h2-3H,1H3,(H2,11,12). The third kappa shape index (κ3) is 1.34. The Morgan fingerprint density at radius 3 is 2.92 bits per heavy atom. The molecule has 0 spiro atoms. The van der Waals surface area contributed by atoms with E-state index in [1.807, 2.05) is 17.8 Å². The van der Waals surface area contributed by atoms with E-state index in [4.69, 9.17) is 5.73 Å². The zero-order valence-corrected chi connectivity index (χ0v) is 10.6. The third-order valence-corrected chi connectivity index (χ3v) is 3.33. The molecule has 5 heteroatoms. The maximum atomic E-state index is 5.79. The summed E-state index contributed by atoms with van der Waals surface area (Å²) >= 11 is 5.71. The minimum Gasteiger partial charge on any atom is -0.383 e. The summed E-state index contributed by atoms with van der Waals surface area (Å²) in [6.07, 6.45) is 3.77. The summed E-state index contributed by atoms with van der Waals surface area (Å²) in [5.41, 5.74) is 6.88. The molecule has 0 fully saturated rings. The maximum Gasteiger partial charge on any atom is 0.133 e. The van der Waals surface area contributed by atoms with Crippen molar-refractivity contribution < 1.29 is 0 Å². The third-order valence-electron chi connectivity index (χ3n) is 1.93. The monoisotopic (exact) mass is 351 g/mol. The molecule has 2 rings (SSSR count). The first-order valence-electron chi connectivity index (χ1n) is 3.65. The van der Waals surface area contributed by atoms with Crippen molar-refractivity contribution in [3.63, 3.8) is 0 Å². The lowest BCUT2D eigenvalue weighted by Gasteiger charge is -2.00. The minimum atomic E-state index is 0.586. The highest BCUT2D eigenvalue weighted by Crippen LogP contribution is 2.31. The Morgan fingerprint density at radius 2 is 2.31 bits per heavy atom. The molecule has 0 atom stereocenters. The molecule has 0 amide bonds. The van der Waals surface area contributed by atoms with Gasteiger partial charge in [0.05, 0.1) is 15.4 Å². The quantitative estimate of drug-likeness (QED) is 0.741. The first kappa shape index (κ1) is 9.26. The van der Waals surface area contributed by atoms with Crippen molar-refractivity contribution in [3.8, 4) is 0 Å². The van der Waals surface area contributed by atoms with Gasteiger partial charge in [-0.25, -0.2) is 4.98 Å². The fourth-order valence-electron chi connectivity index (χ4n) is 1.37. The Bertz CT molecular complexity index is 436. The summed E-state index contributed by atoms with van der Waals surface area (Å²) in [6.45, 7) is 0. The van der Waals surface area contributed by atoms with E-state index >= 15 is 0 Å². The normalized spacial score (nSPS) is 11.0. The van der Waals surface area contributed by atoms with Crippen molar-refractivity contribution in [2.75, 3.05) is 5.73 Å². The highest BCUT2D eigenvalue weighted by atomic mass is 127. The van der Waals surface area contributed by atoms with Crippen LogP contribution < -0.4 is 5.73 Å². The number of nitrogens with zero attached hydrogens (tertiary/aromatic N) is 2. The predicted molar refractivity (Wildman–Crippen MR) is 65.5 cm³/mol. The van der Waals surface area contributed by atoms with Gasteiger partial charge in [0.2, 0.25) is 0 Å². The van der Waals surface area contributed by atoms with Gasteiger partial charge in [0.25, 0.3) is 0 Å². The average Bonchev–Trinajstić information content (AvgIpc) is 2.36. The van der Waals surface area contributed by atoms with Gasteiger partial charge in [-0.15, -0.1) is 0 Å². The van der Waals surface area contributed by atoms with E-state index in [2.05, 4.69) is 43.5 Å². The van der Waals surface area contributed by atoms with E-state index in [1.165, 1.54) is 0 Å². The summed E-state index contributed by atoms with van der Waals surface area (Å²) in [6, 6.07) is 0. The Balaban J connectivity index is 3.03. The molecule has 0 unspecified atom stereocenters. The predicted octanol–water partition coefficient (Wildman–Crippen LogP) is 2.52. The van der Waals surface area contributed by atoms with Crippen molar-refractivity contribution in [2.24, 2.45) is 7.05 Å². The highest BCUT2D eigenvalue weighted by Gasteiger charge is 2.10. The van der Waals surface area contributed by atoms with Crippen molar-refractivity contribution in [3.05, 3.63) is 20.4 Å². The van der Waals surface area contributed by atoms with Crippen LogP contribution in [0.1, 0.15) is 0 Å². The number of aryl methyl sites for hydroxylation is 1. The number of nitrogens with two attached hydrogens (primary N) is 1. The molecule has 0 saturated carbocycles. The van der Waals surface area contributed by atoms with E-state index in [0.717, 1.165) is 18.9 Å². The van der Waals surface area contributed by atoms with Crippen molar-refractivity contribution >= 4 is 55.2 Å². The van der Waals surface area contributed by atoms with Crippen LogP contribution in [0.3, 0.4) is 0 Å². The molecule has 0 radical (unpaired) electrons. The lowest BCUT2D eigenvalue weighted by atomic mass is 10.3. The summed E-state index contributed by atoms with van der Waals surface area (Å²) in [5, 5.41) is 1.03. The first-order valence-corrected chi connectivity index (χ1v) is 5.53.